The van der Waals surface area contributed by atoms with Gasteiger partial charge in [0.1, 0.15) is 12.2 Å². The second-order valence-electron chi connectivity index (χ2n) is 5.42. The molecule has 0 spiro atoms. The van der Waals surface area contributed by atoms with Crippen LogP contribution < -0.4 is 5.32 Å². The minimum absolute atomic E-state index is 0.237. The lowest BCUT2D eigenvalue weighted by molar-refractivity contribution is -0.136. The summed E-state index contributed by atoms with van der Waals surface area (Å²) in [6.45, 7) is 1.72. The van der Waals surface area contributed by atoms with Crippen LogP contribution in [0.2, 0.25) is 0 Å². The van der Waals surface area contributed by atoms with Crippen LogP contribution in [-0.2, 0) is 11.2 Å². The molecule has 3 N–H and O–H groups in total. The number of hydrogen-bond donors (Lipinski definition) is 3. The minimum Gasteiger partial charge on any atom is -0.481 e. The highest BCUT2D eigenvalue weighted by atomic mass is 16.4. The Bertz CT molecular complexity index is 886. The monoisotopic (exact) mass is 340 g/mol. The predicted molar refractivity (Wildman–Crippen MR) is 87.2 cm³/mol. The molecule has 9 heteroatoms. The van der Waals surface area contributed by atoms with Crippen LogP contribution in [0.5, 0.6) is 0 Å². The molecular weight excluding hydrogens is 324 g/mol. The normalized spacial score (nSPS) is 11.9. The maximum absolute atomic E-state index is 12.3. The van der Waals surface area contributed by atoms with Crippen LogP contribution in [0.15, 0.2) is 42.7 Å². The highest BCUT2D eigenvalue weighted by molar-refractivity contribution is 5.94. The Balaban J connectivity index is 1.67. The van der Waals surface area contributed by atoms with Gasteiger partial charge in [-0.25, -0.2) is 9.67 Å². The average Bonchev–Trinajstić information content (AvgIpc) is 3.24. The molecule has 9 nitrogen and oxygen atoms in total. The van der Waals surface area contributed by atoms with Gasteiger partial charge in [0.05, 0.1) is 23.5 Å². The first-order chi connectivity index (χ1) is 12.0. The Hall–Kier alpha value is -3.49. The summed E-state index contributed by atoms with van der Waals surface area (Å²) in [6.07, 6.45) is 2.85. The van der Waals surface area contributed by atoms with Gasteiger partial charge in [-0.2, -0.15) is 10.2 Å². The van der Waals surface area contributed by atoms with Crippen molar-refractivity contribution in [1.82, 2.24) is 30.3 Å². The number of carbonyl (C=O) groups excluding carboxylic acids is 1. The maximum Gasteiger partial charge on any atom is 0.311 e. The van der Waals surface area contributed by atoms with Gasteiger partial charge in [0.2, 0.25) is 0 Å². The van der Waals surface area contributed by atoms with Crippen LogP contribution >= 0.6 is 0 Å². The van der Waals surface area contributed by atoms with Gasteiger partial charge in [-0.3, -0.25) is 14.7 Å². The van der Waals surface area contributed by atoms with E-state index in [1.807, 2.05) is 30.3 Å². The molecule has 0 bridgehead atoms. The first kappa shape index (κ1) is 16.4. The van der Waals surface area contributed by atoms with Gasteiger partial charge in [-0.15, -0.1) is 0 Å². The number of carbonyl (C=O) groups is 2. The third-order valence-corrected chi connectivity index (χ3v) is 3.47. The van der Waals surface area contributed by atoms with Crippen LogP contribution in [0.3, 0.4) is 0 Å². The summed E-state index contributed by atoms with van der Waals surface area (Å²) < 4.78 is 1.61. The van der Waals surface area contributed by atoms with Gasteiger partial charge < -0.3 is 10.4 Å². The van der Waals surface area contributed by atoms with E-state index in [-0.39, 0.29) is 18.2 Å². The number of aromatic nitrogens is 5. The van der Waals surface area contributed by atoms with Crippen LogP contribution in [0.25, 0.3) is 5.69 Å². The van der Waals surface area contributed by atoms with E-state index in [4.69, 9.17) is 5.11 Å². The van der Waals surface area contributed by atoms with Crippen LogP contribution in [-0.4, -0.2) is 41.9 Å². The number of nitrogens with zero attached hydrogens (tertiary/aromatic N) is 4. The number of carboxylic acid groups (broad SMARTS) is 1. The molecule has 0 fully saturated rings. The van der Waals surface area contributed by atoms with Crippen molar-refractivity contribution in [2.24, 2.45) is 0 Å². The molecule has 2 heterocycles. The number of rotatable bonds is 6. The molecule has 0 aliphatic carbocycles. The second kappa shape index (κ2) is 6.95. The van der Waals surface area contributed by atoms with Crippen molar-refractivity contribution < 1.29 is 14.7 Å². The smallest absolute Gasteiger partial charge is 0.311 e. The molecule has 0 saturated carbocycles. The maximum atomic E-state index is 12.3. The predicted octanol–water partition coefficient (Wildman–Crippen LogP) is 1.11. The van der Waals surface area contributed by atoms with Gasteiger partial charge in [0.15, 0.2) is 5.82 Å². The van der Waals surface area contributed by atoms with E-state index in [0.29, 0.717) is 11.4 Å². The van der Waals surface area contributed by atoms with E-state index < -0.39 is 12.0 Å². The van der Waals surface area contributed by atoms with Crippen LogP contribution in [0.1, 0.15) is 35.0 Å². The number of H-pyrrole nitrogens is 1. The third-order valence-electron chi connectivity index (χ3n) is 3.47. The van der Waals surface area contributed by atoms with Crippen molar-refractivity contribution in [2.45, 2.75) is 19.4 Å². The number of nitrogens with one attached hydrogen (secondary N) is 2. The number of para-hydroxylation sites is 1. The van der Waals surface area contributed by atoms with E-state index in [2.05, 4.69) is 25.6 Å². The molecule has 3 aromatic rings. The molecule has 0 radical (unpaired) electrons. The van der Waals surface area contributed by atoms with Crippen molar-refractivity contribution in [3.63, 3.8) is 0 Å². The SMILES string of the molecule is C[C@H](NC(=O)c1cnn(-c2ccccc2)c1)c1n[nH]c(CC(=O)O)n1. The quantitative estimate of drug-likeness (QED) is 0.617. The molecule has 0 unspecified atom stereocenters. The van der Waals surface area contributed by atoms with Crippen molar-refractivity contribution in [3.05, 3.63) is 59.9 Å². The number of carboxylic acids is 1. The van der Waals surface area contributed by atoms with Crippen LogP contribution in [0.4, 0.5) is 0 Å². The van der Waals surface area contributed by atoms with E-state index in [0.717, 1.165) is 5.69 Å². The summed E-state index contributed by atoms with van der Waals surface area (Å²) in [5.41, 5.74) is 1.25. The Morgan fingerprint density at radius 1 is 1.32 bits per heavy atom. The fourth-order valence-electron chi connectivity index (χ4n) is 2.23. The minimum atomic E-state index is -1.01. The number of aromatic amines is 1. The fraction of sp³-hybridized carbons (Fsp3) is 0.188. The Labute approximate surface area is 142 Å². The lowest BCUT2D eigenvalue weighted by Crippen LogP contribution is -2.27. The molecule has 0 aliphatic rings. The summed E-state index contributed by atoms with van der Waals surface area (Å²) >= 11 is 0. The van der Waals surface area contributed by atoms with Gasteiger partial charge in [-0.05, 0) is 19.1 Å². The van der Waals surface area contributed by atoms with Gasteiger partial charge in [0.25, 0.3) is 5.91 Å². The summed E-state index contributed by atoms with van der Waals surface area (Å²) in [5, 5.41) is 22.2. The second-order valence-corrected chi connectivity index (χ2v) is 5.42. The zero-order valence-corrected chi connectivity index (χ0v) is 13.4. The summed E-state index contributed by atoms with van der Waals surface area (Å²) in [4.78, 5) is 27.1. The molecule has 1 atom stereocenters. The van der Waals surface area contributed by atoms with Crippen molar-refractivity contribution in [3.8, 4) is 5.69 Å². The standard InChI is InChI=1S/C16H16N6O3/c1-10(15-19-13(20-21-15)7-14(23)24)18-16(25)11-8-17-22(9-11)12-5-3-2-4-6-12/h2-6,8-10H,7H2,1H3,(H,18,25)(H,23,24)(H,19,20,21)/t10-/m0/s1. The molecule has 128 valence electrons. The summed E-state index contributed by atoms with van der Waals surface area (Å²) in [7, 11) is 0. The first-order valence-corrected chi connectivity index (χ1v) is 7.57. The van der Waals surface area contributed by atoms with Crippen LogP contribution in [0, 0.1) is 0 Å². The van der Waals surface area contributed by atoms with E-state index in [1.165, 1.54) is 6.20 Å². The molecule has 1 amide bonds. The lowest BCUT2D eigenvalue weighted by Gasteiger charge is -2.09. The number of benzene rings is 1. The van der Waals surface area contributed by atoms with E-state index >= 15 is 0 Å². The first-order valence-electron chi connectivity index (χ1n) is 7.57. The Morgan fingerprint density at radius 2 is 2.08 bits per heavy atom. The topological polar surface area (TPSA) is 126 Å². The largest absolute Gasteiger partial charge is 0.481 e. The number of aliphatic carboxylic acids is 1. The van der Waals surface area contributed by atoms with Crippen molar-refractivity contribution in [1.29, 1.82) is 0 Å². The van der Waals surface area contributed by atoms with Gasteiger partial charge >= 0.3 is 5.97 Å². The lowest BCUT2D eigenvalue weighted by atomic mass is 10.2. The highest BCUT2D eigenvalue weighted by Crippen LogP contribution is 2.11. The molecule has 1 aromatic carbocycles. The summed E-state index contributed by atoms with van der Waals surface area (Å²) in [5.74, 6) is -0.771. The van der Waals surface area contributed by atoms with E-state index in [1.54, 1.807) is 17.8 Å². The van der Waals surface area contributed by atoms with Gasteiger partial charge in [0, 0.05) is 6.20 Å². The van der Waals surface area contributed by atoms with Gasteiger partial charge in [-0.1, -0.05) is 18.2 Å². The number of hydrogen-bond acceptors (Lipinski definition) is 5. The third kappa shape index (κ3) is 3.89. The zero-order chi connectivity index (χ0) is 17.8. The average molecular weight is 340 g/mol. The van der Waals surface area contributed by atoms with Crippen molar-refractivity contribution >= 4 is 11.9 Å². The molecule has 3 rings (SSSR count). The van der Waals surface area contributed by atoms with E-state index in [9.17, 15) is 9.59 Å². The fourth-order valence-corrected chi connectivity index (χ4v) is 2.23. The molecular formula is C16H16N6O3. The highest BCUT2D eigenvalue weighted by Gasteiger charge is 2.17. The Morgan fingerprint density at radius 3 is 2.80 bits per heavy atom. The molecule has 0 aliphatic heterocycles. The summed E-state index contributed by atoms with van der Waals surface area (Å²) in [6, 6.07) is 8.96. The molecule has 2 aromatic heterocycles. The molecule has 25 heavy (non-hydrogen) atoms. The zero-order valence-electron chi connectivity index (χ0n) is 13.4. The van der Waals surface area contributed by atoms with Crippen molar-refractivity contribution in [2.75, 3.05) is 0 Å². The molecule has 0 saturated heterocycles. The Kier molecular flexibility index (Phi) is 4.55. The number of amides is 1.